The molecule has 0 saturated heterocycles. The molecule has 55 valence electrons. The number of carbonyl (C=O) groups is 2. The Morgan fingerprint density at radius 1 is 1.40 bits per heavy atom. The van der Waals surface area contributed by atoms with Crippen molar-refractivity contribution < 1.29 is 14.7 Å². The predicted octanol–water partition coefficient (Wildman–Crippen LogP) is 0.305. The molecule has 0 saturated carbocycles. The van der Waals surface area contributed by atoms with E-state index in [-0.39, 0.29) is 26.5 Å². The molecule has 0 aromatic rings. The fraction of sp³-hybridized carbons (Fsp3) is 0.667. The normalized spacial score (nSPS) is 8.70. The maximum Gasteiger partial charge on any atom is 0.310 e. The summed E-state index contributed by atoms with van der Waals surface area (Å²) in [5.74, 6) is -1.43. The van der Waals surface area contributed by atoms with Crippen LogP contribution in [0.25, 0.3) is 0 Å². The van der Waals surface area contributed by atoms with Crippen LogP contribution in [-0.4, -0.2) is 25.3 Å². The molecule has 1 N–H and O–H groups in total. The molecule has 0 aromatic heterocycles. The summed E-state index contributed by atoms with van der Waals surface area (Å²) in [6.07, 6.45) is -0.350. The van der Waals surface area contributed by atoms with Gasteiger partial charge in [-0.2, -0.15) is 0 Å². The minimum Gasteiger partial charge on any atom is -0.481 e. The van der Waals surface area contributed by atoms with Crippen molar-refractivity contribution in [2.24, 2.45) is 5.92 Å². The number of Topliss-reactive ketones (excluding diaryl/α,β-unsaturated/α-hetero) is 1. The van der Waals surface area contributed by atoms with Crippen LogP contribution in [0.2, 0.25) is 0 Å². The molecule has 0 spiro atoms. The summed E-state index contributed by atoms with van der Waals surface area (Å²) in [7, 11) is 0. The lowest BCUT2D eigenvalue weighted by atomic mass is 10.1. The fourth-order valence-corrected chi connectivity index (χ4v) is 0.353. The standard InChI is InChI=1S/C6H10O3.B/c1-4(2)5(7)3-6(8)9;/h4H,3H2,1-2H3,(H,8,9);. The lowest BCUT2D eigenvalue weighted by molar-refractivity contribution is -0.140. The van der Waals surface area contributed by atoms with Gasteiger partial charge in [-0.3, -0.25) is 9.59 Å². The molecular formula is C6H10BO3. The average molecular weight is 141 g/mol. The zero-order valence-corrected chi connectivity index (χ0v) is 6.13. The number of hydrogen-bond donors (Lipinski definition) is 1. The highest BCUT2D eigenvalue weighted by Gasteiger charge is 2.10. The quantitative estimate of drug-likeness (QED) is 0.454. The Bertz CT molecular complexity index is 131. The minimum atomic E-state index is -1.05. The summed E-state index contributed by atoms with van der Waals surface area (Å²) in [5, 5.41) is 8.11. The molecule has 0 fully saturated rings. The molecule has 0 aliphatic carbocycles. The van der Waals surface area contributed by atoms with Crippen molar-refractivity contribution in [2.75, 3.05) is 0 Å². The zero-order valence-electron chi connectivity index (χ0n) is 6.13. The predicted molar refractivity (Wildman–Crippen MR) is 37.9 cm³/mol. The van der Waals surface area contributed by atoms with E-state index in [1.165, 1.54) is 0 Å². The summed E-state index contributed by atoms with van der Waals surface area (Å²) in [4.78, 5) is 20.5. The number of carbonyl (C=O) groups excluding carboxylic acids is 1. The van der Waals surface area contributed by atoms with E-state index in [0.717, 1.165) is 0 Å². The number of hydrogen-bond acceptors (Lipinski definition) is 2. The number of aliphatic carboxylic acids is 1. The van der Waals surface area contributed by atoms with Gasteiger partial charge in [0.25, 0.3) is 0 Å². The Morgan fingerprint density at radius 2 is 1.80 bits per heavy atom. The van der Waals surface area contributed by atoms with Gasteiger partial charge in [0.1, 0.15) is 12.2 Å². The van der Waals surface area contributed by atoms with E-state index in [0.29, 0.717) is 0 Å². The van der Waals surface area contributed by atoms with Crippen LogP contribution in [0.3, 0.4) is 0 Å². The summed E-state index contributed by atoms with van der Waals surface area (Å²) < 4.78 is 0. The van der Waals surface area contributed by atoms with Gasteiger partial charge in [-0.1, -0.05) is 13.8 Å². The van der Waals surface area contributed by atoms with E-state index < -0.39 is 5.97 Å². The van der Waals surface area contributed by atoms with Crippen molar-refractivity contribution in [2.45, 2.75) is 20.3 Å². The van der Waals surface area contributed by atoms with Crippen molar-refractivity contribution in [3.05, 3.63) is 0 Å². The molecule has 0 unspecified atom stereocenters. The Labute approximate surface area is 62.0 Å². The summed E-state index contributed by atoms with van der Waals surface area (Å²) >= 11 is 0. The van der Waals surface area contributed by atoms with Crippen molar-refractivity contribution in [3.63, 3.8) is 0 Å². The highest BCUT2D eigenvalue weighted by atomic mass is 16.4. The number of rotatable bonds is 3. The van der Waals surface area contributed by atoms with Gasteiger partial charge in [-0.05, 0) is 0 Å². The highest BCUT2D eigenvalue weighted by molar-refractivity contribution is 5.95. The number of carboxylic acid groups (broad SMARTS) is 1. The van der Waals surface area contributed by atoms with Gasteiger partial charge < -0.3 is 5.11 Å². The van der Waals surface area contributed by atoms with Crippen LogP contribution in [-0.2, 0) is 9.59 Å². The molecule has 0 aliphatic rings. The molecule has 0 aliphatic heterocycles. The van der Waals surface area contributed by atoms with Gasteiger partial charge in [-0.25, -0.2) is 0 Å². The third-order valence-electron chi connectivity index (χ3n) is 0.969. The van der Waals surface area contributed by atoms with Crippen LogP contribution >= 0.6 is 0 Å². The molecule has 10 heavy (non-hydrogen) atoms. The smallest absolute Gasteiger partial charge is 0.310 e. The fourth-order valence-electron chi connectivity index (χ4n) is 0.353. The molecular weight excluding hydrogens is 131 g/mol. The summed E-state index contributed by atoms with van der Waals surface area (Å²) in [6, 6.07) is 0. The topological polar surface area (TPSA) is 54.4 Å². The molecule has 0 bridgehead atoms. The Morgan fingerprint density at radius 3 is 1.90 bits per heavy atom. The first-order valence-corrected chi connectivity index (χ1v) is 2.78. The second kappa shape index (κ2) is 5.03. The van der Waals surface area contributed by atoms with Gasteiger partial charge in [0.15, 0.2) is 0 Å². The van der Waals surface area contributed by atoms with Gasteiger partial charge in [0.2, 0.25) is 0 Å². The van der Waals surface area contributed by atoms with Gasteiger partial charge >= 0.3 is 5.97 Å². The first-order chi connectivity index (χ1) is 4.04. The maximum absolute atomic E-state index is 10.6. The van der Waals surface area contributed by atoms with Crippen molar-refractivity contribution in [3.8, 4) is 0 Å². The molecule has 0 atom stereocenters. The largest absolute Gasteiger partial charge is 0.481 e. The monoisotopic (exact) mass is 141 g/mol. The van der Waals surface area contributed by atoms with E-state index in [4.69, 9.17) is 5.11 Å². The van der Waals surface area contributed by atoms with Crippen molar-refractivity contribution >= 4 is 20.2 Å². The van der Waals surface area contributed by atoms with E-state index in [9.17, 15) is 9.59 Å². The molecule has 0 aromatic carbocycles. The van der Waals surface area contributed by atoms with Crippen molar-refractivity contribution in [1.29, 1.82) is 0 Å². The van der Waals surface area contributed by atoms with Crippen LogP contribution in [0, 0.1) is 5.92 Å². The second-order valence-electron chi connectivity index (χ2n) is 2.19. The maximum atomic E-state index is 10.6. The molecule has 0 amide bonds. The minimum absolute atomic E-state index is 0. The third-order valence-corrected chi connectivity index (χ3v) is 0.969. The number of ketones is 1. The van der Waals surface area contributed by atoms with Gasteiger partial charge in [0, 0.05) is 14.3 Å². The van der Waals surface area contributed by atoms with Crippen LogP contribution in [0.4, 0.5) is 0 Å². The molecule has 3 nitrogen and oxygen atoms in total. The first kappa shape index (κ1) is 11.9. The van der Waals surface area contributed by atoms with E-state index in [2.05, 4.69) is 0 Å². The summed E-state index contributed by atoms with van der Waals surface area (Å²) in [5.41, 5.74) is 0. The van der Waals surface area contributed by atoms with Crippen molar-refractivity contribution in [1.82, 2.24) is 0 Å². The van der Waals surface area contributed by atoms with E-state index in [1.54, 1.807) is 13.8 Å². The van der Waals surface area contributed by atoms with Crippen LogP contribution in [0.15, 0.2) is 0 Å². The summed E-state index contributed by atoms with van der Waals surface area (Å²) in [6.45, 7) is 3.37. The first-order valence-electron chi connectivity index (χ1n) is 2.78. The molecule has 0 heterocycles. The van der Waals surface area contributed by atoms with E-state index >= 15 is 0 Å². The second-order valence-corrected chi connectivity index (χ2v) is 2.19. The molecule has 3 radical (unpaired) electrons. The van der Waals surface area contributed by atoms with Crippen LogP contribution in [0.1, 0.15) is 20.3 Å². The lowest BCUT2D eigenvalue weighted by Gasteiger charge is -1.97. The zero-order chi connectivity index (χ0) is 7.44. The highest BCUT2D eigenvalue weighted by Crippen LogP contribution is 1.97. The average Bonchev–Trinajstić information content (AvgIpc) is 1.63. The molecule has 0 rings (SSSR count). The Kier molecular flexibility index (Phi) is 6.00. The van der Waals surface area contributed by atoms with Crippen LogP contribution in [0.5, 0.6) is 0 Å². The SMILES string of the molecule is CC(C)C(=O)CC(=O)O.[B]. The Hall–Kier alpha value is -0.795. The van der Waals surface area contributed by atoms with E-state index in [1.807, 2.05) is 0 Å². The number of carboxylic acids is 1. The van der Waals surface area contributed by atoms with Gasteiger partial charge in [0.05, 0.1) is 0 Å². The third kappa shape index (κ3) is 5.34. The lowest BCUT2D eigenvalue weighted by Crippen LogP contribution is -2.12. The molecule has 4 heteroatoms. The van der Waals surface area contributed by atoms with Crippen LogP contribution < -0.4 is 0 Å². The Balaban J connectivity index is 0. The van der Waals surface area contributed by atoms with Gasteiger partial charge in [-0.15, -0.1) is 0 Å².